The first-order chi connectivity index (χ1) is 17.4. The molecule has 4 rings (SSSR count). The molecule has 0 saturated carbocycles. The summed E-state index contributed by atoms with van der Waals surface area (Å²) in [6.07, 6.45) is 6.93. The molecule has 3 aromatic carbocycles. The molecule has 0 aromatic heterocycles. The Morgan fingerprint density at radius 2 is 1.61 bits per heavy atom. The molecule has 0 spiro atoms. The number of phenols is 1. The highest BCUT2D eigenvalue weighted by Gasteiger charge is 2.35. The van der Waals surface area contributed by atoms with Crippen molar-refractivity contribution in [3.63, 3.8) is 0 Å². The maximum atomic E-state index is 13.0. The molecule has 6 heteroatoms. The molecule has 186 valence electrons. The predicted octanol–water partition coefficient (Wildman–Crippen LogP) is 6.58. The minimum atomic E-state index is -0.243. The van der Waals surface area contributed by atoms with Crippen LogP contribution in [0.3, 0.4) is 0 Å². The maximum absolute atomic E-state index is 13.0. The van der Waals surface area contributed by atoms with Gasteiger partial charge in [0.15, 0.2) is 28.8 Å². The average Bonchev–Trinajstić information content (AvgIpc) is 3.23. The van der Waals surface area contributed by atoms with Gasteiger partial charge in [-0.2, -0.15) is 0 Å². The Bertz CT molecular complexity index is 1340. The van der Waals surface area contributed by atoms with Crippen LogP contribution in [-0.4, -0.2) is 32.2 Å². The van der Waals surface area contributed by atoms with Gasteiger partial charge in [-0.25, -0.2) is 0 Å². The molecule has 1 heterocycles. The Hall–Kier alpha value is -4.19. The molecule has 3 aromatic rings. The van der Waals surface area contributed by atoms with Gasteiger partial charge in [0.25, 0.3) is 0 Å². The van der Waals surface area contributed by atoms with Gasteiger partial charge in [-0.3, -0.25) is 4.79 Å². The molecule has 0 amide bonds. The number of carbonyl (C=O) groups excluding carboxylic acids is 1. The van der Waals surface area contributed by atoms with Crippen molar-refractivity contribution in [2.45, 2.75) is 25.9 Å². The molecule has 0 fully saturated rings. The van der Waals surface area contributed by atoms with E-state index in [9.17, 15) is 9.90 Å². The zero-order valence-corrected chi connectivity index (χ0v) is 21.1. The van der Waals surface area contributed by atoms with Gasteiger partial charge < -0.3 is 24.1 Å². The summed E-state index contributed by atoms with van der Waals surface area (Å²) in [7, 11) is 4.66. The van der Waals surface area contributed by atoms with E-state index in [0.717, 1.165) is 28.0 Å². The second-order valence-electron chi connectivity index (χ2n) is 8.56. The van der Waals surface area contributed by atoms with Crippen LogP contribution in [0.4, 0.5) is 0 Å². The van der Waals surface area contributed by atoms with Crippen LogP contribution in [0.5, 0.6) is 28.7 Å². The SMILES string of the molecule is C/C=C/c1cc(OC)c2c(c1)C(C)C(c1ccc(C(=O)/C=C/c3ccc(O)c(OC)c3)c(OC)c1)O2. The fraction of sp³-hybridized carbons (Fsp3) is 0.233. The van der Waals surface area contributed by atoms with Crippen LogP contribution in [0.15, 0.2) is 60.7 Å². The molecule has 0 aliphatic carbocycles. The van der Waals surface area contributed by atoms with E-state index in [4.69, 9.17) is 18.9 Å². The lowest BCUT2D eigenvalue weighted by atomic mass is 9.91. The van der Waals surface area contributed by atoms with E-state index in [1.54, 1.807) is 38.5 Å². The number of hydrogen-bond acceptors (Lipinski definition) is 6. The van der Waals surface area contributed by atoms with Crippen molar-refractivity contribution in [2.75, 3.05) is 21.3 Å². The molecule has 2 atom stereocenters. The topological polar surface area (TPSA) is 74.2 Å². The van der Waals surface area contributed by atoms with Gasteiger partial charge in [-0.05, 0) is 66.1 Å². The highest BCUT2D eigenvalue weighted by Crippen LogP contribution is 2.51. The molecular weight excluding hydrogens is 456 g/mol. The smallest absolute Gasteiger partial charge is 0.189 e. The number of phenolic OH excluding ortho intramolecular Hbond substituents is 1. The van der Waals surface area contributed by atoms with E-state index in [-0.39, 0.29) is 23.6 Å². The molecule has 0 bridgehead atoms. The maximum Gasteiger partial charge on any atom is 0.189 e. The van der Waals surface area contributed by atoms with E-state index >= 15 is 0 Å². The number of aromatic hydroxyl groups is 1. The van der Waals surface area contributed by atoms with Crippen molar-refractivity contribution < 1.29 is 28.8 Å². The summed E-state index contributed by atoms with van der Waals surface area (Å²) < 4.78 is 22.7. The van der Waals surface area contributed by atoms with Crippen molar-refractivity contribution in [2.24, 2.45) is 0 Å². The highest BCUT2D eigenvalue weighted by molar-refractivity contribution is 6.08. The number of hydrogen-bond donors (Lipinski definition) is 1. The lowest BCUT2D eigenvalue weighted by molar-refractivity contribution is 0.104. The van der Waals surface area contributed by atoms with Crippen molar-refractivity contribution in [3.8, 4) is 28.7 Å². The molecular formula is C30H30O6. The molecule has 1 aliphatic heterocycles. The molecule has 36 heavy (non-hydrogen) atoms. The first kappa shape index (κ1) is 24.9. The molecule has 6 nitrogen and oxygen atoms in total. The van der Waals surface area contributed by atoms with Gasteiger partial charge in [0.1, 0.15) is 11.9 Å². The van der Waals surface area contributed by atoms with Crippen LogP contribution in [0.25, 0.3) is 12.2 Å². The van der Waals surface area contributed by atoms with Crippen molar-refractivity contribution in [3.05, 3.63) is 88.5 Å². The summed E-state index contributed by atoms with van der Waals surface area (Å²) in [5.41, 5.74) is 4.22. The fourth-order valence-corrected chi connectivity index (χ4v) is 4.45. The number of rotatable bonds is 8. The standard InChI is InChI=1S/C30H30O6/c1-6-7-20-14-23-18(2)29(36-30(23)28(16-20)35-5)21-10-11-22(26(17-21)33-3)24(31)12-8-19-9-13-25(32)27(15-19)34-4/h6-18,29,32H,1-5H3/b7-6+,12-8+. The minimum Gasteiger partial charge on any atom is -0.504 e. The van der Waals surface area contributed by atoms with Crippen LogP contribution in [0.1, 0.15) is 58.5 Å². The number of benzene rings is 3. The van der Waals surface area contributed by atoms with E-state index < -0.39 is 0 Å². The van der Waals surface area contributed by atoms with Crippen LogP contribution in [-0.2, 0) is 0 Å². The number of carbonyl (C=O) groups is 1. The first-order valence-electron chi connectivity index (χ1n) is 11.7. The zero-order chi connectivity index (χ0) is 25.8. The van der Waals surface area contributed by atoms with Gasteiger partial charge in [-0.1, -0.05) is 37.3 Å². The summed E-state index contributed by atoms with van der Waals surface area (Å²) in [5.74, 6) is 2.17. The Balaban J connectivity index is 1.60. The van der Waals surface area contributed by atoms with E-state index in [0.29, 0.717) is 22.8 Å². The predicted molar refractivity (Wildman–Crippen MR) is 141 cm³/mol. The lowest BCUT2D eigenvalue weighted by Crippen LogP contribution is -2.09. The lowest BCUT2D eigenvalue weighted by Gasteiger charge is -2.18. The summed E-state index contributed by atoms with van der Waals surface area (Å²) >= 11 is 0. The highest BCUT2D eigenvalue weighted by atomic mass is 16.5. The third kappa shape index (κ3) is 4.80. The zero-order valence-electron chi connectivity index (χ0n) is 21.1. The third-order valence-electron chi connectivity index (χ3n) is 6.32. The number of ether oxygens (including phenoxy) is 4. The number of methoxy groups -OCH3 is 3. The van der Waals surface area contributed by atoms with Crippen LogP contribution < -0.4 is 18.9 Å². The molecule has 1 aliphatic rings. The second-order valence-corrected chi connectivity index (χ2v) is 8.56. The van der Waals surface area contributed by atoms with Crippen LogP contribution >= 0.6 is 0 Å². The normalized spacial score (nSPS) is 16.7. The fourth-order valence-electron chi connectivity index (χ4n) is 4.45. The van der Waals surface area contributed by atoms with Crippen molar-refractivity contribution >= 4 is 17.9 Å². The van der Waals surface area contributed by atoms with E-state index in [1.165, 1.54) is 19.3 Å². The summed E-state index contributed by atoms with van der Waals surface area (Å²) in [6, 6.07) is 14.5. The average molecular weight is 487 g/mol. The van der Waals surface area contributed by atoms with E-state index in [1.807, 2.05) is 37.3 Å². The molecule has 1 N–H and O–H groups in total. The first-order valence-corrected chi connectivity index (χ1v) is 11.7. The number of allylic oxidation sites excluding steroid dienone is 2. The van der Waals surface area contributed by atoms with Crippen LogP contribution in [0, 0.1) is 0 Å². The summed E-state index contributed by atoms with van der Waals surface area (Å²) in [6.45, 7) is 4.10. The Kier molecular flexibility index (Phi) is 7.34. The Morgan fingerprint density at radius 3 is 2.31 bits per heavy atom. The van der Waals surface area contributed by atoms with Gasteiger partial charge >= 0.3 is 0 Å². The monoisotopic (exact) mass is 486 g/mol. The number of fused-ring (bicyclic) bond motifs is 1. The molecule has 0 radical (unpaired) electrons. The summed E-state index contributed by atoms with van der Waals surface area (Å²) in [5, 5.41) is 9.76. The minimum absolute atomic E-state index is 0.0411. The Morgan fingerprint density at radius 1 is 0.889 bits per heavy atom. The van der Waals surface area contributed by atoms with Gasteiger partial charge in [-0.15, -0.1) is 0 Å². The van der Waals surface area contributed by atoms with Crippen molar-refractivity contribution in [1.82, 2.24) is 0 Å². The Labute approximate surface area is 211 Å². The molecule has 2 unspecified atom stereocenters. The van der Waals surface area contributed by atoms with Gasteiger partial charge in [0, 0.05) is 11.5 Å². The van der Waals surface area contributed by atoms with Gasteiger partial charge in [0.05, 0.1) is 26.9 Å². The quantitative estimate of drug-likeness (QED) is 0.286. The number of ketones is 1. The molecule has 0 saturated heterocycles. The summed E-state index contributed by atoms with van der Waals surface area (Å²) in [4.78, 5) is 13.0. The van der Waals surface area contributed by atoms with Gasteiger partial charge in [0.2, 0.25) is 0 Å². The second kappa shape index (κ2) is 10.6. The van der Waals surface area contributed by atoms with Crippen LogP contribution in [0.2, 0.25) is 0 Å². The largest absolute Gasteiger partial charge is 0.504 e. The van der Waals surface area contributed by atoms with Crippen molar-refractivity contribution in [1.29, 1.82) is 0 Å². The third-order valence-corrected chi connectivity index (χ3v) is 6.32. The van der Waals surface area contributed by atoms with E-state index in [2.05, 4.69) is 13.0 Å².